The van der Waals surface area contributed by atoms with Crippen molar-refractivity contribution in [1.29, 1.82) is 0 Å². The average Bonchev–Trinajstić information content (AvgIpc) is 3.01. The third kappa shape index (κ3) is 12.0. The smallest absolute Gasteiger partial charge is 0.408 e. The Hall–Kier alpha value is -3.93. The van der Waals surface area contributed by atoms with E-state index in [0.717, 1.165) is 16.7 Å². The highest BCUT2D eigenvalue weighted by Gasteiger charge is 2.31. The van der Waals surface area contributed by atoms with E-state index in [1.165, 1.54) is 16.4 Å². The van der Waals surface area contributed by atoms with Crippen molar-refractivity contribution in [2.24, 2.45) is 5.92 Å². The van der Waals surface area contributed by atoms with E-state index < -0.39 is 33.8 Å². The molecule has 3 aromatic carbocycles. The third-order valence-corrected chi connectivity index (χ3v) is 9.35. The van der Waals surface area contributed by atoms with Gasteiger partial charge >= 0.3 is 6.09 Å². The quantitative estimate of drug-likeness (QED) is 0.119. The first-order valence-electron chi connectivity index (χ1n) is 16.1. The molecule has 0 saturated carbocycles. The molecule has 0 spiro atoms. The van der Waals surface area contributed by atoms with Crippen molar-refractivity contribution in [2.75, 3.05) is 25.4 Å². The van der Waals surface area contributed by atoms with Crippen LogP contribution >= 0.6 is 0 Å². The maximum atomic E-state index is 13.5. The fraction of sp³-hybridized carbons (Fsp3) is 0.444. The maximum Gasteiger partial charge on any atom is 0.408 e. The zero-order valence-electron chi connectivity index (χ0n) is 28.1. The van der Waals surface area contributed by atoms with Gasteiger partial charge in [-0.15, -0.1) is 0 Å². The van der Waals surface area contributed by atoms with Gasteiger partial charge < -0.3 is 26.2 Å². The Bertz CT molecular complexity index is 1520. The molecule has 47 heavy (non-hydrogen) atoms. The summed E-state index contributed by atoms with van der Waals surface area (Å²) in [6.07, 6.45) is 1.09. The number of ether oxygens (including phenoxy) is 1. The van der Waals surface area contributed by atoms with Crippen molar-refractivity contribution >= 4 is 27.7 Å². The highest BCUT2D eigenvalue weighted by molar-refractivity contribution is 7.89. The number of hydrogen-bond acceptors (Lipinski definition) is 7. The van der Waals surface area contributed by atoms with Crippen molar-refractivity contribution in [3.63, 3.8) is 0 Å². The number of sulfonamides is 1. The van der Waals surface area contributed by atoms with Crippen LogP contribution in [0.2, 0.25) is 0 Å². The topological polar surface area (TPSA) is 151 Å². The minimum absolute atomic E-state index is 0.0378. The number of hydrogen-bond donors (Lipinski definition) is 4. The minimum Gasteiger partial charge on any atom is -0.444 e. The molecule has 0 radical (unpaired) electrons. The molecule has 0 aliphatic carbocycles. The summed E-state index contributed by atoms with van der Waals surface area (Å²) in [5.41, 5.74) is 8.49. The van der Waals surface area contributed by atoms with Crippen LogP contribution in [0.25, 0.3) is 11.1 Å². The van der Waals surface area contributed by atoms with Crippen LogP contribution in [-0.4, -0.2) is 67.2 Å². The molecule has 0 saturated heterocycles. The number of nitrogens with two attached hydrogens (primary N) is 1. The molecule has 2 atom stereocenters. The van der Waals surface area contributed by atoms with Gasteiger partial charge in [0.2, 0.25) is 15.9 Å². The third-order valence-electron chi connectivity index (χ3n) is 7.42. The minimum atomic E-state index is -3.87. The van der Waals surface area contributed by atoms with Crippen LogP contribution in [0.1, 0.15) is 59.4 Å². The van der Waals surface area contributed by atoms with E-state index in [4.69, 9.17) is 10.5 Å². The Labute approximate surface area is 279 Å². The molecule has 0 aliphatic rings. The predicted octanol–water partition coefficient (Wildman–Crippen LogP) is 5.37. The number of amides is 2. The molecule has 10 nitrogen and oxygen atoms in total. The molecule has 3 rings (SSSR count). The number of rotatable bonds is 16. The molecular formula is C36H50N4O6S. The number of unbranched alkanes of at least 4 members (excludes halogenated alkanes) is 1. The van der Waals surface area contributed by atoms with Crippen molar-refractivity contribution < 1.29 is 27.9 Å². The monoisotopic (exact) mass is 666 g/mol. The average molecular weight is 667 g/mol. The Morgan fingerprint density at radius 2 is 1.53 bits per heavy atom. The SMILES string of the molecule is CC(C)CN(C(CO)CCCCNC(=O)[C@H](Cc1ccc(-c2ccccc2)cc1)NC(=O)OC(C)(C)C)S(=O)(=O)c1ccc(N)cc1. The highest BCUT2D eigenvalue weighted by atomic mass is 32.2. The van der Waals surface area contributed by atoms with Gasteiger partial charge in [-0.1, -0.05) is 74.9 Å². The Kier molecular flexibility index (Phi) is 13.8. The van der Waals surface area contributed by atoms with E-state index in [0.29, 0.717) is 31.5 Å². The van der Waals surface area contributed by atoms with E-state index in [1.807, 2.05) is 68.4 Å². The summed E-state index contributed by atoms with van der Waals surface area (Å²) in [5, 5.41) is 15.8. The number of nitrogens with one attached hydrogen (secondary N) is 2. The van der Waals surface area contributed by atoms with Gasteiger partial charge in [-0.3, -0.25) is 4.79 Å². The van der Waals surface area contributed by atoms with Crippen molar-refractivity contribution in [3.05, 3.63) is 84.4 Å². The van der Waals surface area contributed by atoms with Crippen molar-refractivity contribution in [1.82, 2.24) is 14.9 Å². The molecule has 0 bridgehead atoms. The zero-order valence-corrected chi connectivity index (χ0v) is 28.9. The Morgan fingerprint density at radius 3 is 2.11 bits per heavy atom. The lowest BCUT2D eigenvalue weighted by Gasteiger charge is -2.31. The fourth-order valence-electron chi connectivity index (χ4n) is 5.10. The van der Waals surface area contributed by atoms with Gasteiger partial charge in [-0.05, 0) is 80.5 Å². The van der Waals surface area contributed by atoms with Crippen LogP contribution in [0.15, 0.2) is 83.8 Å². The maximum absolute atomic E-state index is 13.5. The van der Waals surface area contributed by atoms with Gasteiger partial charge in [0.15, 0.2) is 0 Å². The van der Waals surface area contributed by atoms with Crippen molar-refractivity contribution in [3.8, 4) is 11.1 Å². The second kappa shape index (κ2) is 17.3. The van der Waals surface area contributed by atoms with Crippen LogP contribution in [-0.2, 0) is 26.0 Å². The molecule has 11 heteroatoms. The van der Waals surface area contributed by atoms with Crippen LogP contribution in [0.5, 0.6) is 0 Å². The summed E-state index contributed by atoms with van der Waals surface area (Å²) in [7, 11) is -3.87. The number of benzene rings is 3. The largest absolute Gasteiger partial charge is 0.444 e. The summed E-state index contributed by atoms with van der Waals surface area (Å²) in [5.74, 6) is -0.315. The lowest BCUT2D eigenvalue weighted by Crippen LogP contribution is -2.49. The number of aliphatic hydroxyl groups is 1. The van der Waals surface area contributed by atoms with Crippen LogP contribution in [0.4, 0.5) is 10.5 Å². The van der Waals surface area contributed by atoms with Gasteiger partial charge in [0.1, 0.15) is 11.6 Å². The van der Waals surface area contributed by atoms with Gasteiger partial charge in [0, 0.05) is 31.2 Å². The summed E-state index contributed by atoms with van der Waals surface area (Å²) < 4.78 is 33.8. The molecule has 0 heterocycles. The molecule has 256 valence electrons. The van der Waals surface area contributed by atoms with E-state index in [1.54, 1.807) is 32.9 Å². The number of carbonyl (C=O) groups excluding carboxylic acids is 2. The fourth-order valence-corrected chi connectivity index (χ4v) is 6.91. The summed E-state index contributed by atoms with van der Waals surface area (Å²) in [6.45, 7) is 9.35. The second-order valence-electron chi connectivity index (χ2n) is 13.1. The number of anilines is 1. The standard InChI is InChI=1S/C36H50N4O6S/c1-26(2)24-40(47(44,45)32-20-18-30(37)19-21-32)31(25-41)13-9-10-22-38-34(42)33(39-35(43)46-36(3,4)5)23-27-14-16-29(17-15-27)28-11-7-6-8-12-28/h6-8,11-12,14-21,26,31,33,41H,9-10,13,22-25,37H2,1-5H3,(H,38,42)(H,39,43)/t31?,33-/m0/s1. The highest BCUT2D eigenvalue weighted by Crippen LogP contribution is 2.24. The van der Waals surface area contributed by atoms with Gasteiger partial charge in [0.05, 0.1) is 11.5 Å². The molecule has 0 aromatic heterocycles. The lowest BCUT2D eigenvalue weighted by molar-refractivity contribution is -0.123. The zero-order chi connectivity index (χ0) is 34.6. The Morgan fingerprint density at radius 1 is 0.915 bits per heavy atom. The number of nitrogens with zero attached hydrogens (tertiary/aromatic N) is 1. The predicted molar refractivity (Wildman–Crippen MR) is 186 cm³/mol. The first kappa shape index (κ1) is 37.5. The first-order valence-corrected chi connectivity index (χ1v) is 17.5. The normalized spacial score (nSPS) is 13.3. The summed E-state index contributed by atoms with van der Waals surface area (Å²) >= 11 is 0. The number of aliphatic hydroxyl groups excluding tert-OH is 1. The second-order valence-corrected chi connectivity index (χ2v) is 15.0. The molecule has 0 fully saturated rings. The summed E-state index contributed by atoms with van der Waals surface area (Å²) in [6, 6.07) is 22.4. The lowest BCUT2D eigenvalue weighted by atomic mass is 10.0. The van der Waals surface area contributed by atoms with Crippen LogP contribution in [0, 0.1) is 5.92 Å². The van der Waals surface area contributed by atoms with Crippen LogP contribution in [0.3, 0.4) is 0 Å². The van der Waals surface area contributed by atoms with E-state index in [2.05, 4.69) is 10.6 Å². The Balaban J connectivity index is 1.62. The van der Waals surface area contributed by atoms with Crippen molar-refractivity contribution in [2.45, 2.75) is 82.9 Å². The molecule has 3 aromatic rings. The molecular weight excluding hydrogens is 616 g/mol. The number of nitrogen functional groups attached to an aromatic ring is 1. The first-order chi connectivity index (χ1) is 22.2. The number of carbonyl (C=O) groups is 2. The van der Waals surface area contributed by atoms with Gasteiger partial charge in [-0.25, -0.2) is 13.2 Å². The molecule has 1 unspecified atom stereocenters. The van der Waals surface area contributed by atoms with Gasteiger partial charge in [0.25, 0.3) is 0 Å². The van der Waals surface area contributed by atoms with Gasteiger partial charge in [-0.2, -0.15) is 4.31 Å². The summed E-state index contributed by atoms with van der Waals surface area (Å²) in [4.78, 5) is 26.1. The number of alkyl carbamates (subject to hydrolysis) is 1. The van der Waals surface area contributed by atoms with E-state index in [-0.39, 0.29) is 36.3 Å². The van der Waals surface area contributed by atoms with Crippen LogP contribution < -0.4 is 16.4 Å². The molecule has 5 N–H and O–H groups in total. The van der Waals surface area contributed by atoms with E-state index in [9.17, 15) is 23.1 Å². The molecule has 0 aliphatic heterocycles. The molecule has 2 amide bonds. The van der Waals surface area contributed by atoms with E-state index >= 15 is 0 Å².